The minimum Gasteiger partial charge on any atom is -0.411 e. The molecule has 0 amide bonds. The minimum absolute atomic E-state index is 0.0941. The number of benzene rings is 2. The van der Waals surface area contributed by atoms with Crippen molar-refractivity contribution in [2.75, 3.05) is 6.16 Å². The van der Waals surface area contributed by atoms with Gasteiger partial charge in [-0.3, -0.25) is 4.79 Å². The van der Waals surface area contributed by atoms with Crippen molar-refractivity contribution in [1.82, 2.24) is 0 Å². The van der Waals surface area contributed by atoms with Gasteiger partial charge in [0.05, 0.1) is 5.60 Å². The minimum atomic E-state index is -2.64. The third-order valence-electron chi connectivity index (χ3n) is 15.0. The number of ketones is 1. The van der Waals surface area contributed by atoms with Gasteiger partial charge < -0.3 is 8.99 Å². The van der Waals surface area contributed by atoms with Gasteiger partial charge in [-0.25, -0.2) is 0 Å². The Balaban J connectivity index is 0.000000243. The van der Waals surface area contributed by atoms with Crippen LogP contribution in [0, 0.1) is 35.0 Å². The normalized spacial score (nSPS) is 25.5. The molecule has 54 heavy (non-hydrogen) atoms. The highest BCUT2D eigenvalue weighted by Gasteiger charge is 2.52. The molecule has 0 radical (unpaired) electrons. The van der Waals surface area contributed by atoms with Gasteiger partial charge >= 0.3 is 0 Å². The van der Waals surface area contributed by atoms with Gasteiger partial charge in [0.1, 0.15) is 12.9 Å². The van der Waals surface area contributed by atoms with Crippen molar-refractivity contribution < 1.29 is 13.8 Å². The van der Waals surface area contributed by atoms with Crippen LogP contribution in [0.2, 0.25) is 18.1 Å². The highest BCUT2D eigenvalue weighted by atomic mass is 31.2. The zero-order valence-electron chi connectivity index (χ0n) is 35.9. The molecule has 3 aliphatic rings. The SMILES string of the molecule is C=C1[C@H](C)CC(=CCP(=O)(c2ccccc2)c2ccccc2)C[C@H]1C.CCC(CC)(CCC[C@H](C)C1CC[C@H]2C(=O)CCC[C@]12C)O[Si](CC)(CC)CC. The molecule has 2 aromatic carbocycles. The van der Waals surface area contributed by atoms with Gasteiger partial charge in [0.2, 0.25) is 0 Å². The van der Waals surface area contributed by atoms with Crippen molar-refractivity contribution in [2.45, 2.75) is 163 Å². The van der Waals surface area contributed by atoms with E-state index < -0.39 is 15.5 Å². The first kappa shape index (κ1) is 44.7. The Morgan fingerprint density at radius 1 is 0.907 bits per heavy atom. The molecule has 3 saturated carbocycles. The molecule has 1 unspecified atom stereocenters. The number of hydrogen-bond acceptors (Lipinski definition) is 3. The van der Waals surface area contributed by atoms with Crippen LogP contribution in [-0.4, -0.2) is 25.9 Å². The molecule has 300 valence electrons. The fourth-order valence-electron chi connectivity index (χ4n) is 10.8. The van der Waals surface area contributed by atoms with Crippen LogP contribution in [0.5, 0.6) is 0 Å². The third kappa shape index (κ3) is 10.3. The second kappa shape index (κ2) is 19.9. The van der Waals surface area contributed by atoms with E-state index in [-0.39, 0.29) is 11.0 Å². The standard InChI is InChI=1S/C26H50O2Si.C23H27OP/c1-8-26(9-2,28-29(10-3,11-4)12-5)20-13-15-21(6)22-17-18-23-24(27)16-14-19-25(22,23)7;1-18-16-21(17-19(2)20(18)3)14-15-25(24,22-10-6-4-7-11-22)23-12-8-5-9-13-23/h21-23H,8-20H2,1-7H3;4-14,18-19H,3,15-17H2,1-2H3/t21-,22?,23-,25+;18-,19-/m01/s1. The molecule has 0 aliphatic heterocycles. The quantitative estimate of drug-likeness (QED) is 0.0969. The summed E-state index contributed by atoms with van der Waals surface area (Å²) in [5.74, 6) is 3.43. The van der Waals surface area contributed by atoms with Crippen LogP contribution in [-0.2, 0) is 13.8 Å². The molecule has 0 aromatic heterocycles. The van der Waals surface area contributed by atoms with Crippen LogP contribution in [0.1, 0.15) is 139 Å². The Morgan fingerprint density at radius 2 is 1.44 bits per heavy atom. The highest BCUT2D eigenvalue weighted by molar-refractivity contribution is 7.78. The molecular weight excluding hydrogens is 696 g/mol. The monoisotopic (exact) mass is 773 g/mol. The van der Waals surface area contributed by atoms with Crippen molar-refractivity contribution in [2.24, 2.45) is 35.0 Å². The number of carbonyl (C=O) groups is 1. The Labute approximate surface area is 333 Å². The Bertz CT molecular complexity index is 1490. The molecule has 0 saturated heterocycles. The summed E-state index contributed by atoms with van der Waals surface area (Å²) in [4.78, 5) is 12.5. The number of allylic oxidation sites excluding steroid dienone is 3. The Kier molecular flexibility index (Phi) is 16.5. The average molecular weight is 773 g/mol. The lowest BCUT2D eigenvalue weighted by atomic mass is 9.62. The molecule has 0 spiro atoms. The van der Waals surface area contributed by atoms with Gasteiger partial charge in [-0.1, -0.05) is 160 Å². The second-order valence-corrected chi connectivity index (χ2v) is 25.5. The first-order valence-corrected chi connectivity index (χ1v) is 26.5. The Hall–Kier alpha value is -2.00. The Morgan fingerprint density at radius 3 is 1.94 bits per heavy atom. The van der Waals surface area contributed by atoms with Gasteiger partial charge in [0, 0.05) is 29.1 Å². The van der Waals surface area contributed by atoms with Gasteiger partial charge in [-0.15, -0.1) is 0 Å². The van der Waals surface area contributed by atoms with E-state index >= 15 is 0 Å². The summed E-state index contributed by atoms with van der Waals surface area (Å²) in [6.45, 7) is 25.4. The number of fused-ring (bicyclic) bond motifs is 1. The molecule has 3 fully saturated rings. The first-order valence-electron chi connectivity index (χ1n) is 22.1. The van der Waals surface area contributed by atoms with Crippen molar-refractivity contribution >= 4 is 31.9 Å². The van der Waals surface area contributed by atoms with Crippen molar-refractivity contribution in [3.63, 3.8) is 0 Å². The molecule has 5 heteroatoms. The van der Waals surface area contributed by atoms with E-state index in [1.165, 1.54) is 61.4 Å². The molecule has 0 bridgehead atoms. The molecule has 0 heterocycles. The van der Waals surface area contributed by atoms with Crippen LogP contribution in [0.15, 0.2) is 84.5 Å². The van der Waals surface area contributed by atoms with E-state index in [4.69, 9.17) is 4.43 Å². The average Bonchev–Trinajstić information content (AvgIpc) is 3.56. The summed E-state index contributed by atoms with van der Waals surface area (Å²) in [7, 11) is -4.22. The van der Waals surface area contributed by atoms with Crippen molar-refractivity contribution in [3.8, 4) is 0 Å². The fourth-order valence-corrected chi connectivity index (χ4v) is 16.6. The smallest absolute Gasteiger partial charge is 0.192 e. The molecule has 2 aromatic rings. The number of rotatable bonds is 16. The van der Waals surface area contributed by atoms with Gasteiger partial charge in [-0.2, -0.15) is 0 Å². The van der Waals surface area contributed by atoms with E-state index in [2.05, 4.69) is 75.0 Å². The zero-order chi connectivity index (χ0) is 39.6. The van der Waals surface area contributed by atoms with E-state index in [0.29, 0.717) is 29.7 Å². The summed E-state index contributed by atoms with van der Waals surface area (Å²) in [5, 5.41) is 1.89. The highest BCUT2D eigenvalue weighted by Crippen LogP contribution is 2.57. The number of Topliss-reactive ketones (excluding diaryl/α,β-unsaturated/α-hetero) is 1. The van der Waals surface area contributed by atoms with E-state index in [0.717, 1.165) is 67.4 Å². The lowest BCUT2D eigenvalue weighted by Crippen LogP contribution is -2.47. The van der Waals surface area contributed by atoms with Gasteiger partial charge in [-0.05, 0) is 105 Å². The number of carbonyl (C=O) groups excluding carboxylic acids is 1. The molecule has 5 rings (SSSR count). The lowest BCUT2D eigenvalue weighted by molar-refractivity contribution is -0.130. The van der Waals surface area contributed by atoms with E-state index in [1.54, 1.807) is 0 Å². The third-order valence-corrected chi connectivity index (χ3v) is 22.6. The molecule has 0 N–H and O–H groups in total. The predicted octanol–water partition coefficient (Wildman–Crippen LogP) is 13.7. The molecule has 3 aliphatic carbocycles. The van der Waals surface area contributed by atoms with E-state index in [1.807, 2.05) is 60.7 Å². The first-order chi connectivity index (χ1) is 25.8. The van der Waals surface area contributed by atoms with Crippen LogP contribution in [0.4, 0.5) is 0 Å². The summed E-state index contributed by atoms with van der Waals surface area (Å²) in [6.07, 6.45) is 16.7. The van der Waals surface area contributed by atoms with Gasteiger partial charge in [0.15, 0.2) is 8.32 Å². The second-order valence-electron chi connectivity index (χ2n) is 17.9. The maximum atomic E-state index is 14.0. The van der Waals surface area contributed by atoms with Crippen LogP contribution >= 0.6 is 7.14 Å². The van der Waals surface area contributed by atoms with E-state index in [9.17, 15) is 9.36 Å². The maximum absolute atomic E-state index is 14.0. The lowest BCUT2D eigenvalue weighted by Gasteiger charge is -2.43. The summed E-state index contributed by atoms with van der Waals surface area (Å²) in [6, 6.07) is 23.6. The summed E-state index contributed by atoms with van der Waals surface area (Å²) < 4.78 is 21.1. The topological polar surface area (TPSA) is 43.4 Å². The van der Waals surface area contributed by atoms with Crippen LogP contribution < -0.4 is 10.6 Å². The molecule has 3 nitrogen and oxygen atoms in total. The number of hydrogen-bond donors (Lipinski definition) is 0. The summed E-state index contributed by atoms with van der Waals surface area (Å²) in [5.41, 5.74) is 3.16. The van der Waals surface area contributed by atoms with Gasteiger partial charge in [0.25, 0.3) is 0 Å². The fraction of sp³-hybridized carbons (Fsp3) is 0.653. The maximum Gasteiger partial charge on any atom is 0.192 e. The largest absolute Gasteiger partial charge is 0.411 e. The summed E-state index contributed by atoms with van der Waals surface area (Å²) >= 11 is 0. The molecular formula is C49H77O3PSi. The van der Waals surface area contributed by atoms with Crippen molar-refractivity contribution in [1.29, 1.82) is 0 Å². The predicted molar refractivity (Wildman–Crippen MR) is 237 cm³/mol. The molecule has 6 atom stereocenters. The van der Waals surface area contributed by atoms with Crippen molar-refractivity contribution in [3.05, 3.63) is 84.5 Å². The van der Waals surface area contributed by atoms with Crippen LogP contribution in [0.3, 0.4) is 0 Å². The zero-order valence-corrected chi connectivity index (χ0v) is 37.8. The van der Waals surface area contributed by atoms with Crippen LogP contribution in [0.25, 0.3) is 0 Å².